The number of fused-ring (bicyclic) bond motifs is 5. The summed E-state index contributed by atoms with van der Waals surface area (Å²) in [6, 6.07) is 4.62. The fourth-order valence-corrected chi connectivity index (χ4v) is 4.51. The van der Waals surface area contributed by atoms with Gasteiger partial charge < -0.3 is 19.4 Å². The van der Waals surface area contributed by atoms with Crippen molar-refractivity contribution < 1.29 is 9.15 Å². The van der Waals surface area contributed by atoms with E-state index in [0.717, 1.165) is 49.6 Å². The third-order valence-electron chi connectivity index (χ3n) is 5.86. The van der Waals surface area contributed by atoms with Crippen LogP contribution in [0.3, 0.4) is 0 Å². The maximum atomic E-state index is 6.09. The lowest BCUT2D eigenvalue weighted by molar-refractivity contribution is 0.0767. The largest absolute Gasteiger partial charge is 0.469 e. The van der Waals surface area contributed by atoms with E-state index in [0.29, 0.717) is 18.2 Å². The highest BCUT2D eigenvalue weighted by Gasteiger charge is 2.53. The summed E-state index contributed by atoms with van der Waals surface area (Å²) >= 11 is 0. The maximum Gasteiger partial charge on any atom is 0.194 e. The molecule has 0 radical (unpaired) electrons. The van der Waals surface area contributed by atoms with Gasteiger partial charge in [-0.1, -0.05) is 0 Å². The quantitative estimate of drug-likeness (QED) is 0.682. The van der Waals surface area contributed by atoms with Crippen molar-refractivity contribution in [3.8, 4) is 0 Å². The minimum Gasteiger partial charge on any atom is -0.469 e. The molecule has 23 heavy (non-hydrogen) atoms. The van der Waals surface area contributed by atoms with Crippen molar-refractivity contribution in [1.29, 1.82) is 0 Å². The Kier molecular flexibility index (Phi) is 3.35. The van der Waals surface area contributed by atoms with Crippen LogP contribution < -0.4 is 5.32 Å². The standard InChI is InChI=1S/C18H25N3O2/c1-2-13(22-9-1)7-8-19-18(20-12-3-4-12)21-10-14-15(11-21)17-6-5-16(14)23-17/h1-2,9,12,14-17H,3-8,10-11H2,(H,19,20). The summed E-state index contributed by atoms with van der Waals surface area (Å²) in [5.74, 6) is 3.59. The molecule has 4 aliphatic rings. The van der Waals surface area contributed by atoms with Gasteiger partial charge in [0.05, 0.1) is 18.5 Å². The first kappa shape index (κ1) is 13.9. The fourth-order valence-electron chi connectivity index (χ4n) is 4.51. The fraction of sp³-hybridized carbons (Fsp3) is 0.722. The molecule has 2 bridgehead atoms. The normalized spacial score (nSPS) is 35.8. The van der Waals surface area contributed by atoms with Crippen LogP contribution in [0.5, 0.6) is 0 Å². The Morgan fingerprint density at radius 3 is 2.61 bits per heavy atom. The van der Waals surface area contributed by atoms with Gasteiger partial charge in [-0.2, -0.15) is 0 Å². The Hall–Kier alpha value is -1.49. The van der Waals surface area contributed by atoms with E-state index in [-0.39, 0.29) is 0 Å². The topological polar surface area (TPSA) is 50.0 Å². The van der Waals surface area contributed by atoms with Gasteiger partial charge >= 0.3 is 0 Å². The Labute approximate surface area is 137 Å². The molecule has 1 saturated carbocycles. The van der Waals surface area contributed by atoms with Crippen LogP contribution >= 0.6 is 0 Å². The predicted octanol–water partition coefficient (Wildman–Crippen LogP) is 2.04. The van der Waals surface area contributed by atoms with Crippen LogP contribution in [0.4, 0.5) is 0 Å². The Bertz CT molecular complexity index is 563. The summed E-state index contributed by atoms with van der Waals surface area (Å²) in [4.78, 5) is 7.38. The van der Waals surface area contributed by atoms with Gasteiger partial charge in [0.2, 0.25) is 0 Å². The van der Waals surface area contributed by atoms with Crippen molar-refractivity contribution >= 4 is 5.96 Å². The molecule has 5 heteroatoms. The van der Waals surface area contributed by atoms with Crippen molar-refractivity contribution in [1.82, 2.24) is 10.2 Å². The Morgan fingerprint density at radius 1 is 1.17 bits per heavy atom. The lowest BCUT2D eigenvalue weighted by Gasteiger charge is -2.23. The molecule has 0 aromatic carbocycles. The molecule has 5 nitrogen and oxygen atoms in total. The van der Waals surface area contributed by atoms with Gasteiger partial charge in [0.15, 0.2) is 5.96 Å². The summed E-state index contributed by atoms with van der Waals surface area (Å²) in [5.41, 5.74) is 0. The smallest absolute Gasteiger partial charge is 0.194 e. The molecule has 3 aliphatic heterocycles. The number of ether oxygens (including phenoxy) is 1. The van der Waals surface area contributed by atoms with Gasteiger partial charge in [0.25, 0.3) is 0 Å². The van der Waals surface area contributed by atoms with Crippen LogP contribution in [0.15, 0.2) is 27.8 Å². The molecular weight excluding hydrogens is 290 g/mol. The second-order valence-corrected chi connectivity index (χ2v) is 7.48. The van der Waals surface area contributed by atoms with Crippen LogP contribution in [0.25, 0.3) is 0 Å². The molecule has 4 heterocycles. The highest BCUT2D eigenvalue weighted by molar-refractivity contribution is 5.81. The number of nitrogens with zero attached hydrogens (tertiary/aromatic N) is 2. The number of furan rings is 1. The van der Waals surface area contributed by atoms with Gasteiger partial charge in [-0.05, 0) is 37.8 Å². The molecule has 4 unspecified atom stereocenters. The monoisotopic (exact) mass is 315 g/mol. The van der Waals surface area contributed by atoms with Crippen LogP contribution in [0, 0.1) is 11.8 Å². The number of likely N-dealkylation sites (tertiary alicyclic amines) is 1. The predicted molar refractivity (Wildman–Crippen MR) is 87.3 cm³/mol. The van der Waals surface area contributed by atoms with E-state index in [1.807, 2.05) is 12.1 Å². The van der Waals surface area contributed by atoms with E-state index in [1.54, 1.807) is 6.26 Å². The lowest BCUT2D eigenvalue weighted by Crippen LogP contribution is -2.42. The van der Waals surface area contributed by atoms with Gasteiger partial charge in [0.1, 0.15) is 5.76 Å². The van der Waals surface area contributed by atoms with Gasteiger partial charge in [0, 0.05) is 43.9 Å². The summed E-state index contributed by atoms with van der Waals surface area (Å²) in [6.07, 6.45) is 8.73. The third-order valence-corrected chi connectivity index (χ3v) is 5.86. The highest BCUT2D eigenvalue weighted by Crippen LogP contribution is 2.47. The Morgan fingerprint density at radius 2 is 1.96 bits per heavy atom. The Balaban J connectivity index is 1.26. The molecule has 4 fully saturated rings. The first-order chi connectivity index (χ1) is 11.4. The van der Waals surface area contributed by atoms with Crippen LogP contribution in [-0.2, 0) is 11.2 Å². The molecule has 1 aromatic rings. The van der Waals surface area contributed by atoms with Crippen LogP contribution in [0.2, 0.25) is 0 Å². The summed E-state index contributed by atoms with van der Waals surface area (Å²) in [7, 11) is 0. The van der Waals surface area contributed by atoms with Gasteiger partial charge in [-0.3, -0.25) is 4.99 Å². The number of hydrogen-bond acceptors (Lipinski definition) is 3. The van der Waals surface area contributed by atoms with Crippen molar-refractivity contribution in [2.75, 3.05) is 19.6 Å². The first-order valence-corrected chi connectivity index (χ1v) is 9.10. The van der Waals surface area contributed by atoms with E-state index in [1.165, 1.54) is 25.7 Å². The summed E-state index contributed by atoms with van der Waals surface area (Å²) in [5, 5.41) is 3.66. The van der Waals surface area contributed by atoms with E-state index >= 15 is 0 Å². The van der Waals surface area contributed by atoms with Gasteiger partial charge in [-0.25, -0.2) is 0 Å². The maximum absolute atomic E-state index is 6.09. The molecule has 1 aliphatic carbocycles. The van der Waals surface area contributed by atoms with E-state index in [9.17, 15) is 0 Å². The molecule has 1 N–H and O–H groups in total. The lowest BCUT2D eigenvalue weighted by atomic mass is 9.82. The number of nitrogens with one attached hydrogen (secondary N) is 1. The van der Waals surface area contributed by atoms with Crippen molar-refractivity contribution in [3.05, 3.63) is 24.2 Å². The zero-order valence-corrected chi connectivity index (χ0v) is 13.5. The van der Waals surface area contributed by atoms with E-state index in [2.05, 4.69) is 10.2 Å². The molecule has 4 atom stereocenters. The average Bonchev–Trinajstić information content (AvgIpc) is 3.01. The molecule has 3 saturated heterocycles. The summed E-state index contributed by atoms with van der Waals surface area (Å²) < 4.78 is 11.5. The number of rotatable bonds is 4. The number of aliphatic imine (C=N–C) groups is 1. The van der Waals surface area contributed by atoms with E-state index in [4.69, 9.17) is 14.1 Å². The van der Waals surface area contributed by atoms with Crippen LogP contribution in [-0.4, -0.2) is 48.7 Å². The van der Waals surface area contributed by atoms with Crippen LogP contribution in [0.1, 0.15) is 31.4 Å². The van der Waals surface area contributed by atoms with Gasteiger partial charge in [-0.15, -0.1) is 0 Å². The third kappa shape index (κ3) is 2.65. The summed E-state index contributed by atoms with van der Waals surface area (Å²) in [6.45, 7) is 3.02. The molecule has 1 aromatic heterocycles. The van der Waals surface area contributed by atoms with Crippen molar-refractivity contribution in [2.45, 2.75) is 50.4 Å². The highest BCUT2D eigenvalue weighted by atomic mass is 16.5. The molecule has 5 rings (SSSR count). The second-order valence-electron chi connectivity index (χ2n) is 7.48. The molecule has 0 spiro atoms. The average molecular weight is 315 g/mol. The SMILES string of the molecule is c1coc(CCN=C(NC2CC2)N2CC3C4CCC(O4)C3C2)c1. The minimum absolute atomic E-state index is 0.514. The van der Waals surface area contributed by atoms with Crippen molar-refractivity contribution in [3.63, 3.8) is 0 Å². The molecular formula is C18H25N3O2. The molecule has 124 valence electrons. The second kappa shape index (κ2) is 5.55. The molecule has 0 amide bonds. The first-order valence-electron chi connectivity index (χ1n) is 9.10. The zero-order chi connectivity index (χ0) is 15.2. The zero-order valence-electron chi connectivity index (χ0n) is 13.5. The van der Waals surface area contributed by atoms with E-state index < -0.39 is 0 Å². The number of guanidine groups is 1. The van der Waals surface area contributed by atoms with Crippen molar-refractivity contribution in [2.24, 2.45) is 16.8 Å². The number of hydrogen-bond donors (Lipinski definition) is 1. The minimum atomic E-state index is 0.514.